The van der Waals surface area contributed by atoms with Crippen molar-refractivity contribution in [2.24, 2.45) is 0 Å². The van der Waals surface area contributed by atoms with Crippen LogP contribution in [-0.2, 0) is 6.54 Å². The summed E-state index contributed by atoms with van der Waals surface area (Å²) in [5, 5.41) is 10.6. The number of aromatic amines is 1. The van der Waals surface area contributed by atoms with Crippen LogP contribution in [0.4, 0.5) is 8.78 Å². The third-order valence-electron chi connectivity index (χ3n) is 3.11. The van der Waals surface area contributed by atoms with E-state index in [0.29, 0.717) is 5.56 Å². The van der Waals surface area contributed by atoms with Crippen molar-refractivity contribution >= 4 is 11.7 Å². The Hall–Kier alpha value is -2.74. The number of benzene rings is 1. The molecule has 0 saturated carbocycles. The van der Waals surface area contributed by atoms with Gasteiger partial charge in [0.25, 0.3) is 12.0 Å². The summed E-state index contributed by atoms with van der Waals surface area (Å²) >= 11 is 0. The number of alkyl halides is 1. The molecule has 1 aromatic heterocycles. The molecule has 0 radical (unpaired) electrons. The molecule has 0 aliphatic carbocycles. The molecule has 1 amide bonds. The fourth-order valence-electron chi connectivity index (χ4n) is 1.90. The van der Waals surface area contributed by atoms with Gasteiger partial charge in [-0.05, 0) is 17.1 Å². The van der Waals surface area contributed by atoms with Gasteiger partial charge in [0, 0.05) is 12.0 Å². The van der Waals surface area contributed by atoms with Gasteiger partial charge >= 0.3 is 5.91 Å². The van der Waals surface area contributed by atoms with E-state index in [9.17, 15) is 23.5 Å². The van der Waals surface area contributed by atoms with Crippen LogP contribution in [0.5, 0.6) is 5.75 Å². The number of carbonyl (C=O) groups is 2. The van der Waals surface area contributed by atoms with Crippen LogP contribution >= 0.6 is 0 Å². The van der Waals surface area contributed by atoms with Crippen molar-refractivity contribution in [3.8, 4) is 5.75 Å². The summed E-state index contributed by atoms with van der Waals surface area (Å²) in [5.74, 6) is -2.12. The number of halogens is 2. The third-order valence-corrected chi connectivity index (χ3v) is 3.11. The van der Waals surface area contributed by atoms with Gasteiger partial charge in [-0.25, -0.2) is 14.2 Å². The predicted molar refractivity (Wildman–Crippen MR) is 73.7 cm³/mol. The van der Waals surface area contributed by atoms with Crippen LogP contribution in [0.25, 0.3) is 0 Å². The molecule has 1 aromatic carbocycles. The van der Waals surface area contributed by atoms with E-state index in [2.05, 4.69) is 9.97 Å². The van der Waals surface area contributed by atoms with Gasteiger partial charge in [-0.1, -0.05) is 6.07 Å². The lowest BCUT2D eigenvalue weighted by Gasteiger charge is -2.01. The number of phenols is 1. The van der Waals surface area contributed by atoms with Crippen LogP contribution in [0.2, 0.25) is 0 Å². The third kappa shape index (κ3) is 4.36. The molecule has 0 unspecified atom stereocenters. The number of Topliss-reactive ketones (excluding diaryl/α,β-unsaturated/α-hetero) is 1. The molecule has 0 fully saturated rings. The zero-order valence-electron chi connectivity index (χ0n) is 12.1. The number of phenolic OH excluding ortho intramolecular Hbond substituents is 1. The van der Waals surface area contributed by atoms with Crippen molar-refractivity contribution in [3.05, 3.63) is 53.4 Å². The summed E-state index contributed by atoms with van der Waals surface area (Å²) in [7, 11) is 0. The second-order valence-electron chi connectivity index (χ2n) is 4.77. The minimum atomic E-state index is -0.779. The van der Waals surface area contributed by atoms with E-state index in [4.69, 9.17) is 0 Å². The smallest absolute Gasteiger partial charge is 0.387 e. The van der Waals surface area contributed by atoms with Gasteiger partial charge < -0.3 is 5.11 Å². The minimum absolute atomic E-state index is 0.0392. The molecule has 0 aliphatic rings. The van der Waals surface area contributed by atoms with Crippen LogP contribution in [0, 0.1) is 5.82 Å². The number of amides is 1. The van der Waals surface area contributed by atoms with Crippen molar-refractivity contribution in [1.29, 1.82) is 0 Å². The van der Waals surface area contributed by atoms with Crippen LogP contribution in [0.15, 0.2) is 30.6 Å². The maximum Gasteiger partial charge on any atom is 0.387 e. The van der Waals surface area contributed by atoms with Gasteiger partial charge in [-0.3, -0.25) is 14.5 Å². The van der Waals surface area contributed by atoms with Gasteiger partial charge in [-0.2, -0.15) is 0 Å². The molecular formula is C15H15F2N3O3+2. The first kappa shape index (κ1) is 16.6. The summed E-state index contributed by atoms with van der Waals surface area (Å²) in [5.41, 5.74) is 0.694. The van der Waals surface area contributed by atoms with Crippen LogP contribution in [0.3, 0.4) is 0 Å². The largest absolute Gasteiger partial charge is 0.505 e. The molecule has 120 valence electrons. The highest BCUT2D eigenvalue weighted by Crippen LogP contribution is 2.15. The highest BCUT2D eigenvalue weighted by atomic mass is 19.1. The summed E-state index contributed by atoms with van der Waals surface area (Å²) < 4.78 is 25.1. The normalized spacial score (nSPS) is 10.5. The number of hydrogen-bond donors (Lipinski definition) is 2. The van der Waals surface area contributed by atoms with Gasteiger partial charge in [-0.15, -0.1) is 0 Å². The molecule has 1 heterocycles. The molecular weight excluding hydrogens is 308 g/mol. The summed E-state index contributed by atoms with van der Waals surface area (Å²) in [6.07, 6.45) is 0.920. The standard InChI is InChI=1S/C15H13F2N3O3/c16-4-3-13(21)11-6-12(20-8-19-11)15(23)18-7-9-1-2-10(17)14(22)5-9/h1-2,5-6,8,22H,3-4,7H2,(H,18,23)/p+2. The maximum atomic E-state index is 12.9. The van der Waals surface area contributed by atoms with E-state index in [1.165, 1.54) is 29.8 Å². The van der Waals surface area contributed by atoms with Gasteiger partial charge in [0.2, 0.25) is 5.78 Å². The Morgan fingerprint density at radius 1 is 1.30 bits per heavy atom. The van der Waals surface area contributed by atoms with Gasteiger partial charge in [0.1, 0.15) is 6.54 Å². The molecule has 0 aliphatic heterocycles. The Morgan fingerprint density at radius 2 is 2.09 bits per heavy atom. The van der Waals surface area contributed by atoms with Crippen LogP contribution in [-0.4, -0.2) is 28.5 Å². The van der Waals surface area contributed by atoms with Crippen LogP contribution in [0.1, 0.15) is 33.0 Å². The number of nitrogens with zero attached hydrogens (tertiary/aromatic N) is 1. The first-order valence-corrected chi connectivity index (χ1v) is 6.83. The number of nitrogens with two attached hydrogens (primary N) is 1. The lowest BCUT2D eigenvalue weighted by atomic mass is 10.2. The fraction of sp³-hybridized carbons (Fsp3) is 0.200. The first-order chi connectivity index (χ1) is 11.0. The highest BCUT2D eigenvalue weighted by molar-refractivity contribution is 5.94. The Bertz CT molecular complexity index is 738. The molecule has 4 N–H and O–H groups in total. The number of rotatable bonds is 6. The lowest BCUT2D eigenvalue weighted by molar-refractivity contribution is -0.572. The maximum absolute atomic E-state index is 12.9. The minimum Gasteiger partial charge on any atom is -0.505 e. The average molecular weight is 323 g/mol. The number of aromatic nitrogens is 2. The molecule has 2 aromatic rings. The fourth-order valence-corrected chi connectivity index (χ4v) is 1.90. The molecule has 0 atom stereocenters. The molecule has 0 saturated heterocycles. The quantitative estimate of drug-likeness (QED) is 0.741. The first-order valence-electron chi connectivity index (χ1n) is 6.83. The van der Waals surface area contributed by atoms with E-state index in [1.807, 2.05) is 0 Å². The molecule has 23 heavy (non-hydrogen) atoms. The Kier molecular flexibility index (Phi) is 5.42. The molecule has 0 spiro atoms. The van der Waals surface area contributed by atoms with E-state index in [1.54, 1.807) is 0 Å². The topological polar surface area (TPSA) is 98.0 Å². The predicted octanol–water partition coefficient (Wildman–Crippen LogP) is 0.186. The van der Waals surface area contributed by atoms with Crippen molar-refractivity contribution in [1.82, 2.24) is 4.98 Å². The number of hydrogen-bond acceptors (Lipinski definition) is 4. The van der Waals surface area contributed by atoms with Gasteiger partial charge in [0.15, 0.2) is 17.3 Å². The van der Waals surface area contributed by atoms with Gasteiger partial charge in [0.05, 0.1) is 12.7 Å². The molecule has 8 heteroatoms. The second-order valence-corrected chi connectivity index (χ2v) is 4.77. The number of quaternary nitrogens is 1. The molecule has 6 nitrogen and oxygen atoms in total. The van der Waals surface area contributed by atoms with E-state index < -0.39 is 29.9 Å². The van der Waals surface area contributed by atoms with E-state index >= 15 is 0 Å². The Morgan fingerprint density at radius 3 is 2.78 bits per heavy atom. The molecule has 2 rings (SSSR count). The number of primary amides is 1. The zero-order chi connectivity index (χ0) is 16.8. The monoisotopic (exact) mass is 323 g/mol. The number of carbonyl (C=O) groups excluding carboxylic acids is 2. The van der Waals surface area contributed by atoms with E-state index in [0.717, 1.165) is 6.07 Å². The summed E-state index contributed by atoms with van der Waals surface area (Å²) in [6.45, 7) is -0.612. The van der Waals surface area contributed by atoms with Crippen molar-refractivity contribution in [3.63, 3.8) is 0 Å². The van der Waals surface area contributed by atoms with E-state index in [-0.39, 0.29) is 24.4 Å². The molecule has 0 bridgehead atoms. The van der Waals surface area contributed by atoms with Crippen molar-refractivity contribution in [2.45, 2.75) is 13.0 Å². The number of nitrogens with one attached hydrogen (secondary N) is 1. The Labute approximate surface area is 130 Å². The van der Waals surface area contributed by atoms with Crippen molar-refractivity contribution in [2.75, 3.05) is 6.67 Å². The number of ketones is 1. The number of aromatic hydroxyl groups is 1. The summed E-state index contributed by atoms with van der Waals surface area (Å²) in [6, 6.07) is 5.04. The lowest BCUT2D eigenvalue weighted by Crippen LogP contribution is -2.86. The van der Waals surface area contributed by atoms with Crippen LogP contribution < -0.4 is 10.3 Å². The Balaban J connectivity index is 2.04. The zero-order valence-corrected chi connectivity index (χ0v) is 12.1. The number of H-pyrrole nitrogens is 1. The average Bonchev–Trinajstić information content (AvgIpc) is 2.56. The SMILES string of the molecule is O=C([NH2+]Cc1ccc(F)c(O)c1)c1cc(C(=O)CCF)[nH+]cn1. The van der Waals surface area contributed by atoms with Crippen molar-refractivity contribution < 1.29 is 33.8 Å². The second kappa shape index (κ2) is 7.50. The highest BCUT2D eigenvalue weighted by Gasteiger charge is 2.21. The summed E-state index contributed by atoms with van der Waals surface area (Å²) in [4.78, 5) is 30.0.